The van der Waals surface area contributed by atoms with Crippen molar-refractivity contribution in [2.45, 2.75) is 18.6 Å². The molecule has 108 valence electrons. The molecule has 6 heteroatoms. The monoisotopic (exact) mass is 278 g/mol. The molecule has 0 bridgehead atoms. The van der Waals surface area contributed by atoms with Gasteiger partial charge in [-0.1, -0.05) is 0 Å². The number of anilines is 1. The van der Waals surface area contributed by atoms with Gasteiger partial charge >= 0.3 is 0 Å². The van der Waals surface area contributed by atoms with Gasteiger partial charge in [-0.15, -0.1) is 4.91 Å². The van der Waals surface area contributed by atoms with E-state index in [2.05, 4.69) is 10.1 Å². The van der Waals surface area contributed by atoms with E-state index in [1.54, 1.807) is 25.3 Å². The smallest absolute Gasteiger partial charge is 0.171 e. The first kappa shape index (κ1) is 13.3. The molecule has 0 radical (unpaired) electrons. The molecule has 0 saturated carbocycles. The van der Waals surface area contributed by atoms with E-state index in [-0.39, 0.29) is 0 Å². The number of ether oxygens (including phenoxy) is 3. The van der Waals surface area contributed by atoms with E-state index in [0.717, 1.165) is 37.4 Å². The Bertz CT molecular complexity index is 490. The van der Waals surface area contributed by atoms with Gasteiger partial charge in [0, 0.05) is 25.9 Å². The van der Waals surface area contributed by atoms with E-state index in [0.29, 0.717) is 18.9 Å². The van der Waals surface area contributed by atoms with E-state index in [1.165, 1.54) is 0 Å². The lowest BCUT2D eigenvalue weighted by Gasteiger charge is -2.39. The fourth-order valence-electron chi connectivity index (χ4n) is 2.86. The van der Waals surface area contributed by atoms with Crippen LogP contribution in [0, 0.1) is 4.91 Å². The number of nitrogens with zero attached hydrogens (tertiary/aromatic N) is 2. The molecule has 0 unspecified atom stereocenters. The van der Waals surface area contributed by atoms with Gasteiger partial charge in [0.2, 0.25) is 0 Å². The number of benzene rings is 1. The van der Waals surface area contributed by atoms with E-state index >= 15 is 0 Å². The van der Waals surface area contributed by atoms with Crippen LogP contribution < -0.4 is 9.64 Å². The molecule has 20 heavy (non-hydrogen) atoms. The van der Waals surface area contributed by atoms with Crippen molar-refractivity contribution in [3.63, 3.8) is 0 Å². The zero-order chi connectivity index (χ0) is 14.0. The van der Waals surface area contributed by atoms with Crippen molar-refractivity contribution in [1.82, 2.24) is 0 Å². The van der Waals surface area contributed by atoms with E-state index in [9.17, 15) is 4.91 Å². The van der Waals surface area contributed by atoms with E-state index < -0.39 is 5.79 Å². The molecule has 0 aromatic heterocycles. The highest BCUT2D eigenvalue weighted by atomic mass is 16.7. The second-order valence-electron chi connectivity index (χ2n) is 5.04. The van der Waals surface area contributed by atoms with Crippen LogP contribution in [0.4, 0.5) is 11.4 Å². The summed E-state index contributed by atoms with van der Waals surface area (Å²) in [6.07, 6.45) is 1.63. The maximum absolute atomic E-state index is 10.7. The highest BCUT2D eigenvalue weighted by Crippen LogP contribution is 2.38. The lowest BCUT2D eigenvalue weighted by Crippen LogP contribution is -2.45. The van der Waals surface area contributed by atoms with E-state index in [4.69, 9.17) is 14.2 Å². The maximum atomic E-state index is 10.7. The van der Waals surface area contributed by atoms with Crippen LogP contribution >= 0.6 is 0 Å². The Hall–Kier alpha value is -1.66. The normalized spacial score (nSPS) is 21.1. The van der Waals surface area contributed by atoms with Crippen molar-refractivity contribution < 1.29 is 14.2 Å². The Balaban J connectivity index is 1.78. The van der Waals surface area contributed by atoms with Gasteiger partial charge in [-0.05, 0) is 23.4 Å². The van der Waals surface area contributed by atoms with Gasteiger partial charge in [0.05, 0.1) is 26.0 Å². The van der Waals surface area contributed by atoms with Crippen molar-refractivity contribution in [2.24, 2.45) is 5.18 Å². The first-order valence-electron chi connectivity index (χ1n) is 6.81. The summed E-state index contributed by atoms with van der Waals surface area (Å²) in [5, 5.41) is 2.99. The van der Waals surface area contributed by atoms with Crippen molar-refractivity contribution in [1.29, 1.82) is 0 Å². The van der Waals surface area contributed by atoms with Crippen LogP contribution in [0.15, 0.2) is 23.4 Å². The van der Waals surface area contributed by atoms with Crippen LogP contribution in [-0.2, 0) is 9.47 Å². The van der Waals surface area contributed by atoms with Crippen molar-refractivity contribution in [2.75, 3.05) is 38.3 Å². The lowest BCUT2D eigenvalue weighted by atomic mass is 10.0. The van der Waals surface area contributed by atoms with Crippen LogP contribution in [0.5, 0.6) is 5.75 Å². The molecule has 0 N–H and O–H groups in total. The van der Waals surface area contributed by atoms with Crippen LogP contribution in [0.2, 0.25) is 0 Å². The molecule has 0 atom stereocenters. The molecule has 0 amide bonds. The summed E-state index contributed by atoms with van der Waals surface area (Å²) in [7, 11) is 1.63. The van der Waals surface area contributed by atoms with Crippen LogP contribution in [0.3, 0.4) is 0 Å². The first-order chi connectivity index (χ1) is 9.76. The standard InChI is InChI=1S/C14H18N2O4/c1-18-13-3-2-11(15-17)10-12(13)16-6-4-14(5-7-16)19-8-9-20-14/h2-3,10H,4-9H2,1H3. The summed E-state index contributed by atoms with van der Waals surface area (Å²) in [6, 6.07) is 5.20. The van der Waals surface area contributed by atoms with Gasteiger partial charge in [0.15, 0.2) is 5.79 Å². The molecular weight excluding hydrogens is 260 g/mol. The molecule has 2 heterocycles. The second-order valence-corrected chi connectivity index (χ2v) is 5.04. The van der Waals surface area contributed by atoms with Gasteiger partial charge in [-0.3, -0.25) is 0 Å². The molecule has 2 saturated heterocycles. The molecule has 6 nitrogen and oxygen atoms in total. The third-order valence-electron chi connectivity index (χ3n) is 3.95. The maximum Gasteiger partial charge on any atom is 0.171 e. The van der Waals surface area contributed by atoms with Crippen LogP contribution in [-0.4, -0.2) is 39.2 Å². The quantitative estimate of drug-likeness (QED) is 0.795. The summed E-state index contributed by atoms with van der Waals surface area (Å²) in [6.45, 7) is 2.96. The number of rotatable bonds is 3. The lowest BCUT2D eigenvalue weighted by molar-refractivity contribution is -0.169. The predicted octanol–water partition coefficient (Wildman–Crippen LogP) is 2.44. The molecule has 1 aromatic carbocycles. The molecule has 2 aliphatic heterocycles. The Morgan fingerprint density at radius 3 is 2.55 bits per heavy atom. The zero-order valence-electron chi connectivity index (χ0n) is 11.5. The van der Waals surface area contributed by atoms with Crippen LogP contribution in [0.25, 0.3) is 0 Å². The first-order valence-corrected chi connectivity index (χ1v) is 6.81. The summed E-state index contributed by atoms with van der Waals surface area (Å²) in [5.74, 6) is 0.353. The molecule has 1 spiro atoms. The number of hydrogen-bond donors (Lipinski definition) is 0. The number of methoxy groups -OCH3 is 1. The summed E-state index contributed by atoms with van der Waals surface area (Å²) >= 11 is 0. The highest BCUT2D eigenvalue weighted by Gasteiger charge is 2.40. The third kappa shape index (κ3) is 2.36. The fraction of sp³-hybridized carbons (Fsp3) is 0.571. The number of hydrogen-bond acceptors (Lipinski definition) is 6. The minimum absolute atomic E-state index is 0.399. The van der Waals surface area contributed by atoms with Gasteiger partial charge < -0.3 is 19.1 Å². The van der Waals surface area contributed by atoms with Gasteiger partial charge in [-0.25, -0.2) is 0 Å². The Labute approximate surface area is 117 Å². The van der Waals surface area contributed by atoms with Crippen molar-refractivity contribution >= 4 is 11.4 Å². The average molecular weight is 278 g/mol. The predicted molar refractivity (Wildman–Crippen MR) is 74.5 cm³/mol. The number of nitroso groups, excluding NO2 is 1. The highest BCUT2D eigenvalue weighted by molar-refractivity contribution is 5.65. The van der Waals surface area contributed by atoms with Gasteiger partial charge in [0.25, 0.3) is 0 Å². The van der Waals surface area contributed by atoms with Gasteiger partial charge in [0.1, 0.15) is 11.4 Å². The van der Waals surface area contributed by atoms with Gasteiger partial charge in [-0.2, -0.15) is 0 Å². The Morgan fingerprint density at radius 1 is 1.25 bits per heavy atom. The Morgan fingerprint density at radius 2 is 1.95 bits per heavy atom. The molecule has 3 rings (SSSR count). The SMILES string of the molecule is COc1ccc(N=O)cc1N1CCC2(CC1)OCCO2. The third-order valence-corrected chi connectivity index (χ3v) is 3.95. The molecular formula is C14H18N2O4. The summed E-state index contributed by atoms with van der Waals surface area (Å²) in [4.78, 5) is 12.9. The topological polar surface area (TPSA) is 60.4 Å². The molecule has 2 fully saturated rings. The number of piperidine rings is 1. The van der Waals surface area contributed by atoms with Crippen LogP contribution in [0.1, 0.15) is 12.8 Å². The molecule has 1 aromatic rings. The summed E-state index contributed by atoms with van der Waals surface area (Å²) < 4.78 is 16.8. The zero-order valence-corrected chi connectivity index (χ0v) is 11.5. The Kier molecular flexibility index (Phi) is 3.58. The van der Waals surface area contributed by atoms with Crippen molar-refractivity contribution in [3.05, 3.63) is 23.1 Å². The molecule has 0 aliphatic carbocycles. The second kappa shape index (κ2) is 5.38. The average Bonchev–Trinajstić information content (AvgIpc) is 2.95. The summed E-state index contributed by atoms with van der Waals surface area (Å²) in [5.41, 5.74) is 1.31. The van der Waals surface area contributed by atoms with E-state index in [1.807, 2.05) is 0 Å². The minimum Gasteiger partial charge on any atom is -0.495 e. The fourth-order valence-corrected chi connectivity index (χ4v) is 2.86. The molecule has 2 aliphatic rings. The van der Waals surface area contributed by atoms with Crippen molar-refractivity contribution in [3.8, 4) is 5.75 Å². The minimum atomic E-state index is -0.399. The largest absolute Gasteiger partial charge is 0.495 e.